The highest BCUT2D eigenvalue weighted by Gasteiger charge is 2.57. The number of carbonyl (C=O) groups excluding carboxylic acids is 1. The number of hydrogen-bond donors (Lipinski definition) is 2. The molecule has 3 saturated carbocycles. The number of aliphatic hydroxyl groups excluding tert-OH is 2. The number of hydrogen-bond acceptors (Lipinski definition) is 6. The second kappa shape index (κ2) is 10.2. The first-order valence-electron chi connectivity index (χ1n) is 12.7. The van der Waals surface area contributed by atoms with Crippen LogP contribution >= 0.6 is 15.9 Å². The lowest BCUT2D eigenvalue weighted by atomic mass is 9.43. The first-order chi connectivity index (χ1) is 16.1. The van der Waals surface area contributed by atoms with Gasteiger partial charge in [0, 0.05) is 17.9 Å². The number of rotatable bonds is 9. The standard InChI is InChI=1S/C27H40BrNO5/c1-6-33-26-17(8-7-9-21(26)28)13-29-25(24(16(3)31)23(14-30)34-29)22(32)11-18-10-19-12-20(15(18)2)27(19,4)5/h7-9,15-16,18-20,23-25,30-31H,6,10-14H2,1-5H3/t15-,16+,18-,19-,20-,23+,24-,25-/m1/s1. The number of ketones is 1. The molecule has 5 rings (SSSR count). The third kappa shape index (κ3) is 4.59. The second-order valence-corrected chi connectivity index (χ2v) is 12.1. The van der Waals surface area contributed by atoms with Crippen LogP contribution in [0, 0.1) is 35.0 Å². The summed E-state index contributed by atoms with van der Waals surface area (Å²) in [6.07, 6.45) is 1.47. The Bertz CT molecular complexity index is 890. The van der Waals surface area contributed by atoms with E-state index in [-0.39, 0.29) is 12.4 Å². The van der Waals surface area contributed by atoms with E-state index in [9.17, 15) is 15.0 Å². The molecule has 34 heavy (non-hydrogen) atoms. The van der Waals surface area contributed by atoms with Crippen molar-refractivity contribution in [2.45, 2.75) is 78.7 Å². The summed E-state index contributed by atoms with van der Waals surface area (Å²) in [6.45, 7) is 11.3. The molecule has 0 radical (unpaired) electrons. The molecule has 7 heteroatoms. The zero-order valence-corrected chi connectivity index (χ0v) is 22.6. The molecule has 1 aromatic carbocycles. The maximum Gasteiger partial charge on any atom is 0.153 e. The summed E-state index contributed by atoms with van der Waals surface area (Å²) < 4.78 is 6.71. The van der Waals surface area contributed by atoms with E-state index in [1.54, 1.807) is 12.0 Å². The number of ether oxygens (including phenoxy) is 1. The zero-order chi connectivity index (χ0) is 24.8. The Labute approximate surface area is 212 Å². The summed E-state index contributed by atoms with van der Waals surface area (Å²) in [5, 5.41) is 22.3. The Morgan fingerprint density at radius 3 is 2.68 bits per heavy atom. The molecular weight excluding hydrogens is 498 g/mol. The Kier molecular flexibility index (Phi) is 7.80. The van der Waals surface area contributed by atoms with Crippen molar-refractivity contribution in [3.8, 4) is 5.75 Å². The van der Waals surface area contributed by atoms with Gasteiger partial charge in [-0.05, 0) is 77.8 Å². The molecule has 0 unspecified atom stereocenters. The Hall–Kier alpha value is -0.990. The molecule has 3 aliphatic carbocycles. The molecule has 0 amide bonds. The van der Waals surface area contributed by atoms with Crippen LogP contribution in [0.2, 0.25) is 0 Å². The summed E-state index contributed by atoms with van der Waals surface area (Å²) in [7, 11) is 0. The van der Waals surface area contributed by atoms with Crippen molar-refractivity contribution in [3.63, 3.8) is 0 Å². The maximum absolute atomic E-state index is 13.8. The van der Waals surface area contributed by atoms with Gasteiger partial charge in [0.1, 0.15) is 17.9 Å². The highest BCUT2D eigenvalue weighted by molar-refractivity contribution is 9.10. The number of fused-ring (bicyclic) bond motifs is 2. The number of aliphatic hydroxyl groups is 2. The summed E-state index contributed by atoms with van der Waals surface area (Å²) in [6, 6.07) is 5.21. The van der Waals surface area contributed by atoms with E-state index in [0.717, 1.165) is 22.2 Å². The zero-order valence-electron chi connectivity index (χ0n) is 21.0. The lowest BCUT2D eigenvalue weighted by Gasteiger charge is -2.62. The van der Waals surface area contributed by atoms with Crippen LogP contribution < -0.4 is 4.74 Å². The van der Waals surface area contributed by atoms with Gasteiger partial charge in [-0.2, -0.15) is 5.06 Å². The fraction of sp³-hybridized carbons (Fsp3) is 0.741. The average Bonchev–Trinajstić information content (AvgIpc) is 3.15. The predicted octanol–water partition coefficient (Wildman–Crippen LogP) is 4.60. The highest BCUT2D eigenvalue weighted by Crippen LogP contribution is 2.63. The molecular formula is C27H40BrNO5. The molecule has 1 heterocycles. The number of carbonyl (C=O) groups is 1. The quantitative estimate of drug-likeness (QED) is 0.479. The Morgan fingerprint density at radius 1 is 1.35 bits per heavy atom. The Balaban J connectivity index is 1.57. The van der Waals surface area contributed by atoms with E-state index in [2.05, 4.69) is 36.7 Å². The average molecular weight is 539 g/mol. The predicted molar refractivity (Wildman–Crippen MR) is 134 cm³/mol. The lowest BCUT2D eigenvalue weighted by Crippen LogP contribution is -2.55. The van der Waals surface area contributed by atoms with Gasteiger partial charge in [-0.25, -0.2) is 0 Å². The van der Waals surface area contributed by atoms with Gasteiger partial charge >= 0.3 is 0 Å². The van der Waals surface area contributed by atoms with E-state index < -0.39 is 24.2 Å². The van der Waals surface area contributed by atoms with Crippen LogP contribution in [0.1, 0.15) is 59.4 Å². The number of Topliss-reactive ketones (excluding diaryl/α,β-unsaturated/α-hetero) is 1. The first kappa shape index (κ1) is 26.1. The minimum absolute atomic E-state index is 0.103. The normalized spacial score (nSPS) is 35.6. The molecule has 8 atom stereocenters. The smallest absolute Gasteiger partial charge is 0.153 e. The van der Waals surface area contributed by atoms with Crippen LogP contribution in [-0.2, 0) is 16.2 Å². The second-order valence-electron chi connectivity index (χ2n) is 11.2. The number of nitrogens with zero attached hydrogens (tertiary/aromatic N) is 1. The van der Waals surface area contributed by atoms with Gasteiger partial charge < -0.3 is 14.9 Å². The molecule has 190 valence electrons. The van der Waals surface area contributed by atoms with E-state index in [1.807, 2.05) is 25.1 Å². The topological polar surface area (TPSA) is 79.2 Å². The van der Waals surface area contributed by atoms with Crippen LogP contribution in [0.4, 0.5) is 0 Å². The molecule has 4 fully saturated rings. The van der Waals surface area contributed by atoms with Gasteiger partial charge in [0.05, 0.1) is 30.3 Å². The minimum atomic E-state index is -0.777. The molecule has 6 nitrogen and oxygen atoms in total. The van der Waals surface area contributed by atoms with Crippen molar-refractivity contribution in [1.29, 1.82) is 0 Å². The minimum Gasteiger partial charge on any atom is -0.492 e. The third-order valence-corrected chi connectivity index (χ3v) is 9.70. The van der Waals surface area contributed by atoms with Gasteiger partial charge in [-0.3, -0.25) is 9.63 Å². The number of para-hydroxylation sites is 1. The fourth-order valence-electron chi connectivity index (χ4n) is 7.00. The van der Waals surface area contributed by atoms with E-state index >= 15 is 0 Å². The summed E-state index contributed by atoms with van der Waals surface area (Å²) in [5.41, 5.74) is 1.27. The number of halogens is 1. The molecule has 0 spiro atoms. The van der Waals surface area contributed by atoms with Crippen molar-refractivity contribution in [3.05, 3.63) is 28.2 Å². The van der Waals surface area contributed by atoms with Crippen LogP contribution in [0.3, 0.4) is 0 Å². The lowest BCUT2D eigenvalue weighted by molar-refractivity contribution is -0.183. The van der Waals surface area contributed by atoms with Crippen LogP contribution in [0.15, 0.2) is 22.7 Å². The molecule has 0 aromatic heterocycles. The summed E-state index contributed by atoms with van der Waals surface area (Å²) in [4.78, 5) is 19.9. The summed E-state index contributed by atoms with van der Waals surface area (Å²) >= 11 is 3.56. The van der Waals surface area contributed by atoms with Gasteiger partial charge in [0.25, 0.3) is 0 Å². The fourth-order valence-corrected chi connectivity index (χ4v) is 7.52. The molecule has 1 aliphatic heterocycles. The number of benzene rings is 1. The van der Waals surface area contributed by atoms with Gasteiger partial charge in [0.15, 0.2) is 5.78 Å². The van der Waals surface area contributed by atoms with E-state index in [4.69, 9.17) is 9.57 Å². The van der Waals surface area contributed by atoms with Crippen LogP contribution in [0.25, 0.3) is 0 Å². The summed E-state index contributed by atoms with van der Waals surface area (Å²) in [5.74, 6) is 2.58. The molecule has 4 aliphatic rings. The Morgan fingerprint density at radius 2 is 2.09 bits per heavy atom. The van der Waals surface area contributed by atoms with Crippen molar-refractivity contribution < 1.29 is 24.6 Å². The van der Waals surface area contributed by atoms with Crippen molar-refractivity contribution in [2.75, 3.05) is 13.2 Å². The molecule has 2 N–H and O–H groups in total. The number of hydroxylamine groups is 2. The first-order valence-corrected chi connectivity index (χ1v) is 13.5. The van der Waals surface area contributed by atoms with Crippen molar-refractivity contribution in [1.82, 2.24) is 5.06 Å². The SMILES string of the molecule is CCOc1c(Br)cccc1CN1O[C@@H](CO)[C@@H]([C@H](C)O)[C@H]1C(=O)C[C@H]1C[C@@H]2C[C@H]([C@@H]1C)C2(C)C. The monoisotopic (exact) mass is 537 g/mol. The van der Waals surface area contributed by atoms with Crippen molar-refractivity contribution in [2.24, 2.45) is 35.0 Å². The maximum atomic E-state index is 13.8. The van der Waals surface area contributed by atoms with Crippen molar-refractivity contribution >= 4 is 21.7 Å². The third-order valence-electron chi connectivity index (χ3n) is 9.08. The van der Waals surface area contributed by atoms with Crippen LogP contribution in [-0.4, -0.2) is 52.5 Å². The van der Waals surface area contributed by atoms with Crippen LogP contribution in [0.5, 0.6) is 5.75 Å². The largest absolute Gasteiger partial charge is 0.492 e. The van der Waals surface area contributed by atoms with Gasteiger partial charge in [-0.1, -0.05) is 32.9 Å². The highest BCUT2D eigenvalue weighted by atomic mass is 79.9. The van der Waals surface area contributed by atoms with E-state index in [1.165, 1.54) is 6.42 Å². The molecule has 1 saturated heterocycles. The van der Waals surface area contributed by atoms with E-state index in [0.29, 0.717) is 48.7 Å². The molecule has 1 aromatic rings. The molecule has 2 bridgehead atoms. The van der Waals surface area contributed by atoms with Gasteiger partial charge in [-0.15, -0.1) is 0 Å². The van der Waals surface area contributed by atoms with Gasteiger partial charge in [0.2, 0.25) is 0 Å².